The SMILES string of the molecule is Cl.Cl.Cl.Nc1ncccc1-c1nc2ccc(-c3ccccc3)nc2n1-c1ccc(C2(N)CCC2)cc1. The molecular weight excluding hydrogens is 515 g/mol. The van der Waals surface area contributed by atoms with Crippen molar-refractivity contribution < 1.29 is 0 Å². The third-order valence-corrected chi connectivity index (χ3v) is 6.60. The molecule has 0 bridgehead atoms. The van der Waals surface area contributed by atoms with Crippen molar-refractivity contribution in [3.63, 3.8) is 0 Å². The maximum atomic E-state index is 6.55. The van der Waals surface area contributed by atoms with Gasteiger partial charge in [0, 0.05) is 23.0 Å². The highest BCUT2D eigenvalue weighted by Crippen LogP contribution is 2.39. The molecule has 0 spiro atoms. The number of nitrogens with zero attached hydrogens (tertiary/aromatic N) is 4. The summed E-state index contributed by atoms with van der Waals surface area (Å²) in [4.78, 5) is 14.2. The van der Waals surface area contributed by atoms with Crippen molar-refractivity contribution >= 4 is 54.2 Å². The first-order valence-corrected chi connectivity index (χ1v) is 11.2. The maximum absolute atomic E-state index is 6.55. The Balaban J connectivity index is 0.00000120. The highest BCUT2D eigenvalue weighted by molar-refractivity contribution is 5.86. The molecule has 0 atom stereocenters. The molecule has 6 nitrogen and oxygen atoms in total. The number of pyridine rings is 2. The van der Waals surface area contributed by atoms with Crippen molar-refractivity contribution in [1.29, 1.82) is 0 Å². The fourth-order valence-corrected chi connectivity index (χ4v) is 4.55. The number of benzene rings is 2. The van der Waals surface area contributed by atoms with Crippen LogP contribution in [0.5, 0.6) is 0 Å². The van der Waals surface area contributed by atoms with Gasteiger partial charge in [0.1, 0.15) is 11.3 Å². The smallest absolute Gasteiger partial charge is 0.165 e. The first-order valence-electron chi connectivity index (χ1n) is 11.2. The van der Waals surface area contributed by atoms with Gasteiger partial charge in [0.05, 0.1) is 11.3 Å². The van der Waals surface area contributed by atoms with Gasteiger partial charge in [-0.3, -0.25) is 4.57 Å². The molecule has 9 heteroatoms. The molecule has 1 aliphatic rings. The summed E-state index contributed by atoms with van der Waals surface area (Å²) in [6.45, 7) is 0. The molecule has 0 radical (unpaired) electrons. The average molecular weight is 542 g/mol. The Labute approximate surface area is 228 Å². The van der Waals surface area contributed by atoms with Crippen LogP contribution >= 0.6 is 37.2 Å². The fraction of sp³-hybridized carbons (Fsp3) is 0.148. The van der Waals surface area contributed by atoms with Gasteiger partial charge in [0.25, 0.3) is 0 Å². The van der Waals surface area contributed by atoms with Gasteiger partial charge in [0.15, 0.2) is 11.5 Å². The van der Waals surface area contributed by atoms with Crippen LogP contribution in [0, 0.1) is 0 Å². The van der Waals surface area contributed by atoms with Crippen LogP contribution in [0.3, 0.4) is 0 Å². The van der Waals surface area contributed by atoms with E-state index in [-0.39, 0.29) is 42.8 Å². The predicted octanol–water partition coefficient (Wildman–Crippen LogP) is 6.34. The molecule has 1 aliphatic carbocycles. The van der Waals surface area contributed by atoms with Crippen LogP contribution in [0.1, 0.15) is 24.8 Å². The van der Waals surface area contributed by atoms with Crippen LogP contribution in [-0.2, 0) is 5.54 Å². The van der Waals surface area contributed by atoms with Gasteiger partial charge in [-0.25, -0.2) is 15.0 Å². The summed E-state index contributed by atoms with van der Waals surface area (Å²) in [5.74, 6) is 1.15. The van der Waals surface area contributed by atoms with Gasteiger partial charge < -0.3 is 11.5 Å². The van der Waals surface area contributed by atoms with Crippen LogP contribution < -0.4 is 11.5 Å². The van der Waals surface area contributed by atoms with Crippen molar-refractivity contribution in [3.05, 3.63) is 90.6 Å². The quantitative estimate of drug-likeness (QED) is 0.277. The number of hydrogen-bond donors (Lipinski definition) is 2. The molecule has 3 aromatic heterocycles. The maximum Gasteiger partial charge on any atom is 0.165 e. The molecule has 5 aromatic rings. The van der Waals surface area contributed by atoms with E-state index in [1.165, 1.54) is 12.0 Å². The zero-order valence-corrected chi connectivity index (χ0v) is 21.8. The van der Waals surface area contributed by atoms with E-state index < -0.39 is 0 Å². The lowest BCUT2D eigenvalue weighted by Crippen LogP contribution is -2.43. The third-order valence-electron chi connectivity index (χ3n) is 6.60. The number of rotatable bonds is 4. The van der Waals surface area contributed by atoms with E-state index in [0.29, 0.717) is 11.6 Å². The Kier molecular flexibility index (Phi) is 8.26. The van der Waals surface area contributed by atoms with E-state index in [2.05, 4.69) is 45.9 Å². The standard InChI is InChI=1S/C27H24N6.3ClH/c28-24-21(8-4-17-30-24)25-32-23-14-13-22(18-6-2-1-3-7-18)31-26(23)33(25)20-11-9-19(10-12-20)27(29)15-5-16-27;;;/h1-4,6-14,17H,5,15-16,29H2,(H2,28,30);3*1H. The molecule has 186 valence electrons. The molecule has 1 fully saturated rings. The van der Waals surface area contributed by atoms with Crippen LogP contribution in [-0.4, -0.2) is 19.5 Å². The fourth-order valence-electron chi connectivity index (χ4n) is 4.55. The van der Waals surface area contributed by atoms with E-state index in [1.54, 1.807) is 6.20 Å². The Bertz CT molecular complexity index is 1460. The van der Waals surface area contributed by atoms with Crippen molar-refractivity contribution in [2.45, 2.75) is 24.8 Å². The summed E-state index contributed by atoms with van der Waals surface area (Å²) in [5, 5.41) is 0. The normalized spacial score (nSPS) is 13.6. The van der Waals surface area contributed by atoms with E-state index >= 15 is 0 Å². The number of imidazole rings is 1. The summed E-state index contributed by atoms with van der Waals surface area (Å²) < 4.78 is 2.06. The van der Waals surface area contributed by atoms with Crippen LogP contribution in [0.4, 0.5) is 5.82 Å². The monoisotopic (exact) mass is 540 g/mol. The minimum atomic E-state index is -0.203. The first-order chi connectivity index (χ1) is 16.1. The lowest BCUT2D eigenvalue weighted by atomic mass is 9.73. The number of halogens is 3. The summed E-state index contributed by atoms with van der Waals surface area (Å²) in [6, 6.07) is 26.4. The van der Waals surface area contributed by atoms with E-state index in [1.807, 2.05) is 42.5 Å². The highest BCUT2D eigenvalue weighted by atomic mass is 35.5. The topological polar surface area (TPSA) is 95.6 Å². The van der Waals surface area contributed by atoms with Crippen molar-refractivity contribution in [2.24, 2.45) is 5.73 Å². The van der Waals surface area contributed by atoms with Gasteiger partial charge in [-0.15, -0.1) is 37.2 Å². The minimum absolute atomic E-state index is 0. The van der Waals surface area contributed by atoms with Crippen LogP contribution in [0.15, 0.2) is 85.1 Å². The van der Waals surface area contributed by atoms with Gasteiger partial charge >= 0.3 is 0 Å². The van der Waals surface area contributed by atoms with Crippen molar-refractivity contribution in [1.82, 2.24) is 19.5 Å². The van der Waals surface area contributed by atoms with Gasteiger partial charge in [-0.1, -0.05) is 42.5 Å². The highest BCUT2D eigenvalue weighted by Gasteiger charge is 2.34. The van der Waals surface area contributed by atoms with E-state index in [0.717, 1.165) is 46.5 Å². The number of fused-ring (bicyclic) bond motifs is 1. The molecular formula is C27H27Cl3N6. The minimum Gasteiger partial charge on any atom is -0.383 e. The molecule has 0 unspecified atom stereocenters. The van der Waals surface area contributed by atoms with Gasteiger partial charge in [-0.2, -0.15) is 0 Å². The molecule has 4 N–H and O–H groups in total. The average Bonchev–Trinajstić information content (AvgIpc) is 3.22. The van der Waals surface area contributed by atoms with Gasteiger partial charge in [0.2, 0.25) is 0 Å². The molecule has 1 saturated carbocycles. The third kappa shape index (κ3) is 4.65. The Morgan fingerprint density at radius 1 is 0.778 bits per heavy atom. The Morgan fingerprint density at radius 3 is 2.14 bits per heavy atom. The number of hydrogen-bond acceptors (Lipinski definition) is 5. The second-order valence-corrected chi connectivity index (χ2v) is 8.67. The Morgan fingerprint density at radius 2 is 1.50 bits per heavy atom. The second-order valence-electron chi connectivity index (χ2n) is 8.67. The van der Waals surface area contributed by atoms with Gasteiger partial charge in [-0.05, 0) is 61.2 Å². The molecule has 0 saturated heterocycles. The van der Waals surface area contributed by atoms with Crippen LogP contribution in [0.25, 0.3) is 39.5 Å². The number of anilines is 1. The predicted molar refractivity (Wildman–Crippen MR) is 153 cm³/mol. The molecule has 0 amide bonds. The number of aromatic nitrogens is 4. The second kappa shape index (κ2) is 10.8. The molecule has 0 aliphatic heterocycles. The molecule has 2 aromatic carbocycles. The molecule has 3 heterocycles. The van der Waals surface area contributed by atoms with E-state index in [9.17, 15) is 0 Å². The van der Waals surface area contributed by atoms with E-state index in [4.69, 9.17) is 21.4 Å². The number of nitrogens with two attached hydrogens (primary N) is 2. The summed E-state index contributed by atoms with van der Waals surface area (Å²) in [7, 11) is 0. The molecule has 36 heavy (non-hydrogen) atoms. The Hall–Kier alpha value is -3.16. The summed E-state index contributed by atoms with van der Waals surface area (Å²) in [5.41, 5.74) is 19.0. The number of nitrogen functional groups attached to an aromatic ring is 1. The molecule has 6 rings (SSSR count). The lowest BCUT2D eigenvalue weighted by molar-refractivity contribution is 0.253. The van der Waals surface area contributed by atoms with Crippen LogP contribution in [0.2, 0.25) is 0 Å². The zero-order valence-electron chi connectivity index (χ0n) is 19.4. The van der Waals surface area contributed by atoms with Crippen molar-refractivity contribution in [2.75, 3.05) is 5.73 Å². The first kappa shape index (κ1) is 27.4. The zero-order chi connectivity index (χ0) is 22.4. The summed E-state index contributed by atoms with van der Waals surface area (Å²) in [6.07, 6.45) is 4.92. The lowest BCUT2D eigenvalue weighted by Gasteiger charge is -2.38. The summed E-state index contributed by atoms with van der Waals surface area (Å²) >= 11 is 0. The van der Waals surface area contributed by atoms with Crippen molar-refractivity contribution in [3.8, 4) is 28.3 Å². The largest absolute Gasteiger partial charge is 0.383 e.